The lowest BCUT2D eigenvalue weighted by molar-refractivity contribution is 0.0939. The number of amides is 1. The number of carbonyl (C=O) groups is 1. The fourth-order valence-electron chi connectivity index (χ4n) is 1.56. The standard InChI is InChI=1S/C14H20ClNO4S/c1-5-20-11-7-6-10(8-12(11)21(15,18)19)13(17)16-9-14(2,3)4/h6-8H,5,9H2,1-4H3,(H,16,17). The number of rotatable bonds is 5. The van der Waals surface area contributed by atoms with Crippen molar-refractivity contribution in [3.05, 3.63) is 23.8 Å². The molecule has 118 valence electrons. The lowest BCUT2D eigenvalue weighted by Crippen LogP contribution is -2.32. The highest BCUT2D eigenvalue weighted by Gasteiger charge is 2.20. The van der Waals surface area contributed by atoms with E-state index < -0.39 is 9.05 Å². The Kier molecular flexibility index (Phi) is 5.64. The Morgan fingerprint density at radius 3 is 2.43 bits per heavy atom. The van der Waals surface area contributed by atoms with Crippen molar-refractivity contribution in [2.75, 3.05) is 13.2 Å². The summed E-state index contributed by atoms with van der Waals surface area (Å²) in [6, 6.07) is 4.17. The van der Waals surface area contributed by atoms with Crippen molar-refractivity contribution >= 4 is 25.6 Å². The second kappa shape index (κ2) is 6.66. The second-order valence-corrected chi connectivity index (χ2v) is 8.31. The summed E-state index contributed by atoms with van der Waals surface area (Å²) in [6.45, 7) is 8.46. The highest BCUT2D eigenvalue weighted by atomic mass is 35.7. The number of halogens is 1. The van der Waals surface area contributed by atoms with Gasteiger partial charge in [0.2, 0.25) is 0 Å². The third-order valence-corrected chi connectivity index (χ3v) is 3.89. The first kappa shape index (κ1) is 17.8. The molecule has 1 amide bonds. The summed E-state index contributed by atoms with van der Waals surface area (Å²) < 4.78 is 28.4. The average molecular weight is 334 g/mol. The lowest BCUT2D eigenvalue weighted by Gasteiger charge is -2.19. The van der Waals surface area contributed by atoms with E-state index in [9.17, 15) is 13.2 Å². The summed E-state index contributed by atoms with van der Waals surface area (Å²) >= 11 is 0. The summed E-state index contributed by atoms with van der Waals surface area (Å²) in [7, 11) is 1.40. The maximum absolute atomic E-state index is 12.0. The minimum absolute atomic E-state index is 0.0671. The summed E-state index contributed by atoms with van der Waals surface area (Å²) in [4.78, 5) is 11.9. The molecule has 7 heteroatoms. The van der Waals surface area contributed by atoms with Crippen LogP contribution in [0.1, 0.15) is 38.1 Å². The van der Waals surface area contributed by atoms with Gasteiger partial charge in [0.25, 0.3) is 15.0 Å². The molecular weight excluding hydrogens is 314 g/mol. The molecule has 0 aliphatic rings. The van der Waals surface area contributed by atoms with Crippen LogP contribution in [-0.2, 0) is 9.05 Å². The van der Waals surface area contributed by atoms with Gasteiger partial charge in [-0.1, -0.05) is 20.8 Å². The van der Waals surface area contributed by atoms with Gasteiger partial charge in [-0.3, -0.25) is 4.79 Å². The van der Waals surface area contributed by atoms with Gasteiger partial charge < -0.3 is 10.1 Å². The second-order valence-electron chi connectivity index (χ2n) is 5.78. The third-order valence-electron chi connectivity index (χ3n) is 2.55. The van der Waals surface area contributed by atoms with Gasteiger partial charge in [-0.15, -0.1) is 0 Å². The van der Waals surface area contributed by atoms with Crippen molar-refractivity contribution in [1.82, 2.24) is 5.32 Å². The van der Waals surface area contributed by atoms with E-state index in [0.29, 0.717) is 13.2 Å². The molecule has 0 atom stereocenters. The maximum atomic E-state index is 12.0. The summed E-state index contributed by atoms with van der Waals surface area (Å²) in [5.41, 5.74) is 0.157. The molecular formula is C14H20ClNO4S. The molecule has 0 fully saturated rings. The van der Waals surface area contributed by atoms with Crippen LogP contribution in [0.25, 0.3) is 0 Å². The van der Waals surface area contributed by atoms with Crippen molar-refractivity contribution in [1.29, 1.82) is 0 Å². The van der Waals surface area contributed by atoms with Crippen LogP contribution in [0.4, 0.5) is 0 Å². The van der Waals surface area contributed by atoms with Gasteiger partial charge >= 0.3 is 0 Å². The highest BCUT2D eigenvalue weighted by Crippen LogP contribution is 2.28. The Balaban J connectivity index is 3.08. The van der Waals surface area contributed by atoms with Gasteiger partial charge in [-0.05, 0) is 30.5 Å². The monoisotopic (exact) mass is 333 g/mol. The molecule has 1 aromatic rings. The Morgan fingerprint density at radius 1 is 1.33 bits per heavy atom. The van der Waals surface area contributed by atoms with Crippen molar-refractivity contribution in [2.24, 2.45) is 5.41 Å². The van der Waals surface area contributed by atoms with Gasteiger partial charge in [-0.2, -0.15) is 0 Å². The highest BCUT2D eigenvalue weighted by molar-refractivity contribution is 8.13. The Labute approximate surface area is 130 Å². The topological polar surface area (TPSA) is 72.5 Å². The van der Waals surface area contributed by atoms with Crippen LogP contribution in [0, 0.1) is 5.41 Å². The SMILES string of the molecule is CCOc1ccc(C(=O)NCC(C)(C)C)cc1S(=O)(=O)Cl. The smallest absolute Gasteiger partial charge is 0.265 e. The first-order valence-corrected chi connectivity index (χ1v) is 8.85. The molecule has 0 heterocycles. The molecule has 0 aromatic heterocycles. The van der Waals surface area contributed by atoms with Gasteiger partial charge in [0.15, 0.2) is 0 Å². The van der Waals surface area contributed by atoms with Gasteiger partial charge in [0, 0.05) is 22.8 Å². The molecule has 1 N–H and O–H groups in total. The zero-order chi connectivity index (χ0) is 16.3. The van der Waals surface area contributed by atoms with E-state index in [0.717, 1.165) is 0 Å². The molecule has 0 aliphatic carbocycles. The molecule has 0 saturated heterocycles. The zero-order valence-corrected chi connectivity index (χ0v) is 14.1. The summed E-state index contributed by atoms with van der Waals surface area (Å²) in [5.74, 6) is -0.214. The van der Waals surface area contributed by atoms with E-state index in [1.54, 1.807) is 6.92 Å². The number of nitrogens with one attached hydrogen (secondary N) is 1. The van der Waals surface area contributed by atoms with Gasteiger partial charge in [0.1, 0.15) is 10.6 Å². The Bertz CT molecular complexity index is 620. The largest absolute Gasteiger partial charge is 0.492 e. The molecule has 0 spiro atoms. The number of benzene rings is 1. The molecule has 5 nitrogen and oxygen atoms in total. The fraction of sp³-hybridized carbons (Fsp3) is 0.500. The van der Waals surface area contributed by atoms with Crippen molar-refractivity contribution in [3.8, 4) is 5.75 Å². The quantitative estimate of drug-likeness (QED) is 0.841. The van der Waals surface area contributed by atoms with Crippen LogP contribution >= 0.6 is 10.7 Å². The average Bonchev–Trinajstić information content (AvgIpc) is 2.34. The van der Waals surface area contributed by atoms with Crippen LogP contribution in [0.15, 0.2) is 23.1 Å². The van der Waals surface area contributed by atoms with Crippen LogP contribution < -0.4 is 10.1 Å². The van der Waals surface area contributed by atoms with Gasteiger partial charge in [-0.25, -0.2) is 8.42 Å². The zero-order valence-electron chi connectivity index (χ0n) is 12.6. The predicted octanol–water partition coefficient (Wildman–Crippen LogP) is 2.79. The Hall–Kier alpha value is -1.27. The predicted molar refractivity (Wildman–Crippen MR) is 82.4 cm³/mol. The maximum Gasteiger partial charge on any atom is 0.265 e. The fourth-order valence-corrected chi connectivity index (χ4v) is 2.56. The first-order chi connectivity index (χ1) is 9.54. The van der Waals surface area contributed by atoms with Crippen LogP contribution in [-0.4, -0.2) is 27.5 Å². The van der Waals surface area contributed by atoms with Crippen LogP contribution in [0.3, 0.4) is 0 Å². The van der Waals surface area contributed by atoms with Crippen molar-refractivity contribution in [2.45, 2.75) is 32.6 Å². The number of hydrogen-bond acceptors (Lipinski definition) is 4. The minimum Gasteiger partial charge on any atom is -0.492 e. The van der Waals surface area contributed by atoms with Crippen molar-refractivity contribution < 1.29 is 17.9 Å². The van der Waals surface area contributed by atoms with Crippen molar-refractivity contribution in [3.63, 3.8) is 0 Å². The van der Waals surface area contributed by atoms with E-state index in [4.69, 9.17) is 15.4 Å². The molecule has 0 saturated carbocycles. The third kappa shape index (κ3) is 5.55. The molecule has 0 unspecified atom stereocenters. The first-order valence-electron chi connectivity index (χ1n) is 6.54. The minimum atomic E-state index is -3.99. The molecule has 1 rings (SSSR count). The van der Waals surface area contributed by atoms with E-state index in [1.807, 2.05) is 20.8 Å². The van der Waals surface area contributed by atoms with E-state index in [1.165, 1.54) is 18.2 Å². The van der Waals surface area contributed by atoms with Crippen LogP contribution in [0.2, 0.25) is 0 Å². The summed E-state index contributed by atoms with van der Waals surface area (Å²) in [6.07, 6.45) is 0. The van der Waals surface area contributed by atoms with E-state index in [2.05, 4.69) is 5.32 Å². The van der Waals surface area contributed by atoms with E-state index in [-0.39, 0.29) is 27.5 Å². The van der Waals surface area contributed by atoms with E-state index >= 15 is 0 Å². The molecule has 0 radical (unpaired) electrons. The van der Waals surface area contributed by atoms with Crippen LogP contribution in [0.5, 0.6) is 5.75 Å². The molecule has 21 heavy (non-hydrogen) atoms. The van der Waals surface area contributed by atoms with Gasteiger partial charge in [0.05, 0.1) is 6.61 Å². The summed E-state index contributed by atoms with van der Waals surface area (Å²) in [5, 5.41) is 2.75. The lowest BCUT2D eigenvalue weighted by atomic mass is 9.97. The number of ether oxygens (including phenoxy) is 1. The normalized spacial score (nSPS) is 12.0. The number of carbonyl (C=O) groups excluding carboxylic acids is 1. The molecule has 0 bridgehead atoms. The molecule has 1 aromatic carbocycles. The number of hydrogen-bond donors (Lipinski definition) is 1. The Morgan fingerprint density at radius 2 is 1.95 bits per heavy atom. The molecule has 0 aliphatic heterocycles.